The van der Waals surface area contributed by atoms with Gasteiger partial charge in [-0.2, -0.15) is 5.10 Å². The van der Waals surface area contributed by atoms with Crippen LogP contribution in [0.1, 0.15) is 24.4 Å². The molecule has 2 aromatic rings. The Morgan fingerprint density at radius 1 is 1.33 bits per heavy atom. The SMILES string of the molecule is Cc1nc(-c2ccccc2)sc1/C=N/N=C(\N)SC(C)C. The van der Waals surface area contributed by atoms with Gasteiger partial charge in [0.25, 0.3) is 0 Å². The van der Waals surface area contributed by atoms with E-state index in [9.17, 15) is 0 Å². The molecule has 110 valence electrons. The number of amidine groups is 1. The molecule has 0 saturated carbocycles. The molecule has 0 amide bonds. The van der Waals surface area contributed by atoms with E-state index in [4.69, 9.17) is 5.73 Å². The lowest BCUT2D eigenvalue weighted by atomic mass is 10.2. The normalized spacial score (nSPS) is 12.5. The molecule has 0 unspecified atom stereocenters. The highest BCUT2D eigenvalue weighted by atomic mass is 32.2. The summed E-state index contributed by atoms with van der Waals surface area (Å²) in [6.45, 7) is 6.10. The minimum atomic E-state index is 0.402. The Kier molecular flexibility index (Phi) is 5.52. The van der Waals surface area contributed by atoms with Crippen molar-refractivity contribution in [3.8, 4) is 10.6 Å². The molecule has 2 rings (SSSR count). The molecular formula is C15H18N4S2. The van der Waals surface area contributed by atoms with Crippen LogP contribution in [0.2, 0.25) is 0 Å². The molecule has 6 heteroatoms. The molecule has 0 saturated heterocycles. The van der Waals surface area contributed by atoms with Crippen LogP contribution in [-0.2, 0) is 0 Å². The molecule has 21 heavy (non-hydrogen) atoms. The third-order valence-corrected chi connectivity index (χ3v) is 4.48. The minimum Gasteiger partial charge on any atom is -0.377 e. The second-order valence-electron chi connectivity index (χ2n) is 4.68. The zero-order valence-corrected chi connectivity index (χ0v) is 13.9. The van der Waals surface area contributed by atoms with Crippen molar-refractivity contribution < 1.29 is 0 Å². The zero-order chi connectivity index (χ0) is 15.2. The van der Waals surface area contributed by atoms with Gasteiger partial charge in [0, 0.05) is 10.8 Å². The molecule has 0 aliphatic carbocycles. The van der Waals surface area contributed by atoms with E-state index in [1.165, 1.54) is 11.8 Å². The summed E-state index contributed by atoms with van der Waals surface area (Å²) >= 11 is 3.10. The van der Waals surface area contributed by atoms with Crippen LogP contribution in [0, 0.1) is 6.92 Å². The number of thiazole rings is 1. The Hall–Kier alpha value is -1.66. The Labute approximate surface area is 133 Å². The number of nitrogens with two attached hydrogens (primary N) is 1. The number of rotatable bonds is 4. The molecular weight excluding hydrogens is 300 g/mol. The van der Waals surface area contributed by atoms with Gasteiger partial charge >= 0.3 is 0 Å². The molecule has 4 nitrogen and oxygen atoms in total. The lowest BCUT2D eigenvalue weighted by molar-refractivity contribution is 1.12. The fraction of sp³-hybridized carbons (Fsp3) is 0.267. The van der Waals surface area contributed by atoms with E-state index in [0.29, 0.717) is 10.4 Å². The monoisotopic (exact) mass is 318 g/mol. The molecule has 0 aliphatic rings. The maximum Gasteiger partial charge on any atom is 0.180 e. The zero-order valence-electron chi connectivity index (χ0n) is 12.3. The van der Waals surface area contributed by atoms with Crippen molar-refractivity contribution in [3.63, 3.8) is 0 Å². The quantitative estimate of drug-likeness (QED) is 0.528. The van der Waals surface area contributed by atoms with Gasteiger partial charge < -0.3 is 5.73 Å². The first-order valence-corrected chi connectivity index (χ1v) is 8.32. The first-order chi connectivity index (χ1) is 10.1. The molecule has 0 bridgehead atoms. The Balaban J connectivity index is 2.13. The van der Waals surface area contributed by atoms with Crippen molar-refractivity contribution in [2.24, 2.45) is 15.9 Å². The largest absolute Gasteiger partial charge is 0.377 e. The van der Waals surface area contributed by atoms with E-state index < -0.39 is 0 Å². The van der Waals surface area contributed by atoms with Crippen LogP contribution in [0.5, 0.6) is 0 Å². The molecule has 0 aliphatic heterocycles. The third kappa shape index (κ3) is 4.68. The van der Waals surface area contributed by atoms with E-state index in [0.717, 1.165) is 21.1 Å². The smallest absolute Gasteiger partial charge is 0.180 e. The van der Waals surface area contributed by atoms with Gasteiger partial charge in [-0.1, -0.05) is 55.9 Å². The van der Waals surface area contributed by atoms with Gasteiger partial charge in [0.15, 0.2) is 5.17 Å². The second-order valence-corrected chi connectivity index (χ2v) is 7.31. The molecule has 0 spiro atoms. The first-order valence-electron chi connectivity index (χ1n) is 6.62. The van der Waals surface area contributed by atoms with Gasteiger partial charge in [0.1, 0.15) is 5.01 Å². The number of nitrogens with zero attached hydrogens (tertiary/aromatic N) is 3. The maximum absolute atomic E-state index is 5.76. The van der Waals surface area contributed by atoms with Crippen molar-refractivity contribution in [2.45, 2.75) is 26.0 Å². The second kappa shape index (κ2) is 7.38. The Bertz CT molecular complexity index is 645. The minimum absolute atomic E-state index is 0.402. The van der Waals surface area contributed by atoms with E-state index in [1.54, 1.807) is 17.6 Å². The van der Waals surface area contributed by atoms with Crippen LogP contribution in [0.25, 0.3) is 10.6 Å². The first kappa shape index (κ1) is 15.7. The fourth-order valence-electron chi connectivity index (χ4n) is 1.64. The van der Waals surface area contributed by atoms with Crippen LogP contribution in [-0.4, -0.2) is 21.6 Å². The van der Waals surface area contributed by atoms with Crippen molar-refractivity contribution >= 4 is 34.5 Å². The van der Waals surface area contributed by atoms with Gasteiger partial charge in [0.05, 0.1) is 16.8 Å². The highest BCUT2D eigenvalue weighted by molar-refractivity contribution is 8.14. The average Bonchev–Trinajstić information content (AvgIpc) is 2.80. The number of thioether (sulfide) groups is 1. The summed E-state index contributed by atoms with van der Waals surface area (Å²) in [4.78, 5) is 5.57. The van der Waals surface area contributed by atoms with Crippen molar-refractivity contribution in [1.82, 2.24) is 4.98 Å². The third-order valence-electron chi connectivity index (χ3n) is 2.54. The Morgan fingerprint density at radius 3 is 2.71 bits per heavy atom. The van der Waals surface area contributed by atoms with E-state index >= 15 is 0 Å². The number of benzene rings is 1. The standard InChI is InChI=1S/C15H18N4S2/c1-10(2)20-15(16)19-17-9-13-11(3)18-14(21-13)12-7-5-4-6-8-12/h4-10H,1-3H3,(H2,16,19)/b17-9+. The summed E-state index contributed by atoms with van der Waals surface area (Å²) in [5.41, 5.74) is 7.83. The molecule has 1 heterocycles. The van der Waals surface area contributed by atoms with Crippen molar-refractivity contribution in [3.05, 3.63) is 40.9 Å². The van der Waals surface area contributed by atoms with Crippen LogP contribution in [0.3, 0.4) is 0 Å². The van der Waals surface area contributed by atoms with Crippen LogP contribution >= 0.6 is 23.1 Å². The number of aryl methyl sites for hydroxylation is 1. The summed E-state index contributed by atoms with van der Waals surface area (Å²) in [7, 11) is 0. The topological polar surface area (TPSA) is 63.6 Å². The predicted octanol–water partition coefficient (Wildman–Crippen LogP) is 3.91. The van der Waals surface area contributed by atoms with Gasteiger partial charge in [-0.15, -0.1) is 16.4 Å². The molecule has 0 atom stereocenters. The van der Waals surface area contributed by atoms with Gasteiger partial charge in [-0.05, 0) is 6.92 Å². The summed E-state index contributed by atoms with van der Waals surface area (Å²) in [5.74, 6) is 0. The summed E-state index contributed by atoms with van der Waals surface area (Å²) in [5, 5.41) is 9.91. The fourth-order valence-corrected chi connectivity index (χ4v) is 3.15. The molecule has 0 radical (unpaired) electrons. The number of aromatic nitrogens is 1. The average molecular weight is 318 g/mol. The summed E-state index contributed by atoms with van der Waals surface area (Å²) < 4.78 is 0. The van der Waals surface area contributed by atoms with Crippen LogP contribution < -0.4 is 5.73 Å². The Morgan fingerprint density at radius 2 is 2.05 bits per heavy atom. The van der Waals surface area contributed by atoms with E-state index in [2.05, 4.69) is 41.2 Å². The maximum atomic E-state index is 5.76. The lowest BCUT2D eigenvalue weighted by Crippen LogP contribution is -2.09. The summed E-state index contributed by atoms with van der Waals surface area (Å²) in [6, 6.07) is 10.1. The lowest BCUT2D eigenvalue weighted by Gasteiger charge is -2.00. The summed E-state index contributed by atoms with van der Waals surface area (Å²) in [6.07, 6.45) is 1.72. The number of hydrogen-bond donors (Lipinski definition) is 1. The van der Waals surface area contributed by atoms with Crippen molar-refractivity contribution in [1.29, 1.82) is 0 Å². The van der Waals surface area contributed by atoms with Crippen LogP contribution in [0.15, 0.2) is 40.5 Å². The van der Waals surface area contributed by atoms with Crippen LogP contribution in [0.4, 0.5) is 0 Å². The highest BCUT2D eigenvalue weighted by Gasteiger charge is 2.07. The molecule has 1 aromatic heterocycles. The molecule has 2 N–H and O–H groups in total. The van der Waals surface area contributed by atoms with E-state index in [1.807, 2.05) is 25.1 Å². The van der Waals surface area contributed by atoms with E-state index in [-0.39, 0.29) is 0 Å². The predicted molar refractivity (Wildman–Crippen MR) is 94.2 cm³/mol. The van der Waals surface area contributed by atoms with Crippen molar-refractivity contribution in [2.75, 3.05) is 0 Å². The molecule has 0 fully saturated rings. The highest BCUT2D eigenvalue weighted by Crippen LogP contribution is 2.26. The number of hydrogen-bond acceptors (Lipinski definition) is 5. The molecule has 1 aromatic carbocycles. The van der Waals surface area contributed by atoms with Gasteiger partial charge in [-0.3, -0.25) is 0 Å². The van der Waals surface area contributed by atoms with Gasteiger partial charge in [-0.25, -0.2) is 4.98 Å². The van der Waals surface area contributed by atoms with Gasteiger partial charge in [0.2, 0.25) is 0 Å².